The number of hydrogen-bond acceptors (Lipinski definition) is 8. The third kappa shape index (κ3) is 3.70. The van der Waals surface area contributed by atoms with Gasteiger partial charge in [-0.2, -0.15) is 15.2 Å². The molecular weight excluding hydrogens is 440 g/mol. The highest BCUT2D eigenvalue weighted by Gasteiger charge is 2.37. The lowest BCUT2D eigenvalue weighted by Gasteiger charge is -2.23. The van der Waals surface area contributed by atoms with Crippen LogP contribution < -0.4 is 22.3 Å². The second-order valence-corrected chi connectivity index (χ2v) is 8.25. The highest BCUT2D eigenvalue weighted by Crippen LogP contribution is 2.43. The second-order valence-electron chi connectivity index (χ2n) is 7.84. The van der Waals surface area contributed by atoms with E-state index in [0.29, 0.717) is 27.4 Å². The maximum absolute atomic E-state index is 13.7. The predicted molar refractivity (Wildman–Crippen MR) is 127 cm³/mol. The summed E-state index contributed by atoms with van der Waals surface area (Å²) in [6, 6.07) is 16.0. The topological polar surface area (TPSA) is 149 Å². The molecule has 0 saturated heterocycles. The number of para-hydroxylation sites is 1. The molecular formula is C23H19ClN8O. The standard InChI is InChI=1S/C23H19ClN8O/c24-15-7-4-8-16-17(15)22(33)32(13-5-2-1-3-6-13)21(28-16)18(12-9-10-12)29-20-14(11-25)19(26)30-23(27)31-20/h1-8,12,18H,9-10H2,(H5,26,27,29,30,31)/t18-/m0/s1. The van der Waals surface area contributed by atoms with Gasteiger partial charge in [0, 0.05) is 0 Å². The largest absolute Gasteiger partial charge is 0.382 e. The minimum absolute atomic E-state index is 0.0132. The second kappa shape index (κ2) is 8.07. The molecule has 0 spiro atoms. The number of nitrogens with two attached hydrogens (primary N) is 2. The number of rotatable bonds is 5. The molecule has 1 saturated carbocycles. The summed E-state index contributed by atoms with van der Waals surface area (Å²) in [5.74, 6) is 0.804. The first-order valence-electron chi connectivity index (χ1n) is 10.3. The fourth-order valence-electron chi connectivity index (χ4n) is 3.92. The Labute approximate surface area is 193 Å². The molecule has 1 atom stereocenters. The van der Waals surface area contributed by atoms with Gasteiger partial charge in [-0.1, -0.05) is 35.9 Å². The number of fused-ring (bicyclic) bond motifs is 1. The third-order valence-electron chi connectivity index (χ3n) is 5.62. The lowest BCUT2D eigenvalue weighted by molar-refractivity contribution is 0.609. The number of aromatic nitrogens is 4. The molecule has 1 fully saturated rings. The van der Waals surface area contributed by atoms with E-state index in [1.807, 2.05) is 36.4 Å². The third-order valence-corrected chi connectivity index (χ3v) is 5.93. The van der Waals surface area contributed by atoms with Gasteiger partial charge in [0.15, 0.2) is 5.82 Å². The molecule has 0 amide bonds. The van der Waals surface area contributed by atoms with Crippen LogP contribution in [0.25, 0.3) is 16.6 Å². The maximum atomic E-state index is 13.7. The summed E-state index contributed by atoms with van der Waals surface area (Å²) in [7, 11) is 0. The Bertz CT molecular complexity index is 1470. The monoisotopic (exact) mass is 458 g/mol. The number of halogens is 1. The fourth-order valence-corrected chi connectivity index (χ4v) is 4.17. The van der Waals surface area contributed by atoms with Crippen LogP contribution in [0.3, 0.4) is 0 Å². The molecule has 33 heavy (non-hydrogen) atoms. The van der Waals surface area contributed by atoms with Crippen molar-refractivity contribution in [1.82, 2.24) is 19.5 Å². The van der Waals surface area contributed by atoms with Crippen molar-refractivity contribution in [2.45, 2.75) is 18.9 Å². The summed E-state index contributed by atoms with van der Waals surface area (Å²) in [5, 5.41) is 13.6. The van der Waals surface area contributed by atoms with Gasteiger partial charge in [-0.25, -0.2) is 4.98 Å². The zero-order valence-corrected chi connectivity index (χ0v) is 18.1. The van der Waals surface area contributed by atoms with E-state index in [2.05, 4.69) is 15.3 Å². The minimum atomic E-state index is -0.429. The van der Waals surface area contributed by atoms with Crippen LogP contribution in [0, 0.1) is 17.2 Å². The van der Waals surface area contributed by atoms with Crippen LogP contribution in [0.15, 0.2) is 53.3 Å². The van der Waals surface area contributed by atoms with Gasteiger partial charge < -0.3 is 16.8 Å². The summed E-state index contributed by atoms with van der Waals surface area (Å²) in [5.41, 5.74) is 12.6. The highest BCUT2D eigenvalue weighted by molar-refractivity contribution is 6.35. The molecule has 0 unspecified atom stereocenters. The Morgan fingerprint density at radius 1 is 1.09 bits per heavy atom. The van der Waals surface area contributed by atoms with E-state index in [9.17, 15) is 10.1 Å². The van der Waals surface area contributed by atoms with Crippen molar-refractivity contribution < 1.29 is 0 Å². The van der Waals surface area contributed by atoms with Crippen LogP contribution in [-0.4, -0.2) is 19.5 Å². The van der Waals surface area contributed by atoms with Crippen molar-refractivity contribution in [3.63, 3.8) is 0 Å². The van der Waals surface area contributed by atoms with Crippen molar-refractivity contribution in [3.8, 4) is 11.8 Å². The smallest absolute Gasteiger partial charge is 0.267 e. The van der Waals surface area contributed by atoms with Crippen molar-refractivity contribution in [2.24, 2.45) is 5.92 Å². The molecule has 0 aliphatic heterocycles. The number of nitrogens with one attached hydrogen (secondary N) is 1. The Hall–Kier alpha value is -4.16. The van der Waals surface area contributed by atoms with Crippen LogP contribution in [0.4, 0.5) is 17.6 Å². The molecule has 1 aliphatic carbocycles. The van der Waals surface area contributed by atoms with Gasteiger partial charge in [0.05, 0.1) is 27.7 Å². The summed E-state index contributed by atoms with van der Waals surface area (Å²) in [6.07, 6.45) is 1.85. The molecule has 0 bridgehead atoms. The van der Waals surface area contributed by atoms with Gasteiger partial charge in [-0.3, -0.25) is 9.36 Å². The summed E-state index contributed by atoms with van der Waals surface area (Å²) in [4.78, 5) is 26.6. The first kappa shape index (κ1) is 20.7. The molecule has 0 radical (unpaired) electrons. The minimum Gasteiger partial charge on any atom is -0.382 e. The average Bonchev–Trinajstić information content (AvgIpc) is 3.63. The SMILES string of the molecule is N#Cc1c(N)nc(N)nc1N[C@H](c1nc2cccc(Cl)c2c(=O)n1-c1ccccc1)C1CC1. The van der Waals surface area contributed by atoms with Crippen LogP contribution in [0.5, 0.6) is 0 Å². The Morgan fingerprint density at radius 3 is 2.55 bits per heavy atom. The van der Waals surface area contributed by atoms with Gasteiger partial charge >= 0.3 is 0 Å². The quantitative estimate of drug-likeness (QED) is 0.411. The Morgan fingerprint density at radius 2 is 1.85 bits per heavy atom. The lowest BCUT2D eigenvalue weighted by atomic mass is 10.1. The molecule has 164 valence electrons. The van der Waals surface area contributed by atoms with Crippen LogP contribution in [0.1, 0.15) is 30.3 Å². The highest BCUT2D eigenvalue weighted by atomic mass is 35.5. The fraction of sp³-hybridized carbons (Fsp3) is 0.174. The van der Waals surface area contributed by atoms with Gasteiger partial charge in [-0.05, 0) is 43.0 Å². The molecule has 2 heterocycles. The maximum Gasteiger partial charge on any atom is 0.267 e. The van der Waals surface area contributed by atoms with E-state index >= 15 is 0 Å². The molecule has 5 rings (SSSR count). The average molecular weight is 459 g/mol. The van der Waals surface area contributed by atoms with Crippen molar-refractivity contribution >= 4 is 40.1 Å². The first-order valence-corrected chi connectivity index (χ1v) is 10.7. The van der Waals surface area contributed by atoms with E-state index in [1.54, 1.807) is 22.8 Å². The van der Waals surface area contributed by atoms with Crippen molar-refractivity contribution in [1.29, 1.82) is 5.26 Å². The van der Waals surface area contributed by atoms with Gasteiger partial charge in [0.1, 0.15) is 23.3 Å². The Balaban J connectivity index is 1.76. The van der Waals surface area contributed by atoms with E-state index in [0.717, 1.165) is 12.8 Å². The number of anilines is 3. The summed E-state index contributed by atoms with van der Waals surface area (Å²) in [6.45, 7) is 0. The van der Waals surface area contributed by atoms with Gasteiger partial charge in [-0.15, -0.1) is 0 Å². The molecule has 2 aromatic heterocycles. The molecule has 4 aromatic rings. The van der Waals surface area contributed by atoms with Gasteiger partial charge in [0.25, 0.3) is 5.56 Å². The number of nitriles is 1. The number of nitrogens with zero attached hydrogens (tertiary/aromatic N) is 5. The molecule has 1 aliphatic rings. The Kier molecular flexibility index (Phi) is 5.07. The lowest BCUT2D eigenvalue weighted by Crippen LogP contribution is -2.29. The van der Waals surface area contributed by atoms with E-state index in [1.165, 1.54) is 0 Å². The van der Waals surface area contributed by atoms with Crippen LogP contribution in [0.2, 0.25) is 5.02 Å². The number of benzene rings is 2. The zero-order valence-electron chi connectivity index (χ0n) is 17.4. The predicted octanol–water partition coefficient (Wildman–Crippen LogP) is 3.43. The molecule has 5 N–H and O–H groups in total. The van der Waals surface area contributed by atoms with Crippen LogP contribution >= 0.6 is 11.6 Å². The number of hydrogen-bond donors (Lipinski definition) is 3. The van der Waals surface area contributed by atoms with Crippen LogP contribution in [-0.2, 0) is 0 Å². The van der Waals surface area contributed by atoms with Crippen molar-refractivity contribution in [2.75, 3.05) is 16.8 Å². The normalized spacial score (nSPS) is 14.1. The van der Waals surface area contributed by atoms with E-state index in [-0.39, 0.29) is 34.6 Å². The summed E-state index contributed by atoms with van der Waals surface area (Å²) >= 11 is 6.38. The molecule has 2 aromatic carbocycles. The molecule has 9 nitrogen and oxygen atoms in total. The number of nitrogen functional groups attached to an aromatic ring is 2. The zero-order chi connectivity index (χ0) is 23.1. The van der Waals surface area contributed by atoms with E-state index in [4.69, 9.17) is 28.1 Å². The van der Waals surface area contributed by atoms with Gasteiger partial charge in [0.2, 0.25) is 5.95 Å². The first-order chi connectivity index (χ1) is 16.0. The molecule has 10 heteroatoms. The van der Waals surface area contributed by atoms with Crippen molar-refractivity contribution in [3.05, 3.63) is 75.3 Å². The van der Waals surface area contributed by atoms with E-state index < -0.39 is 6.04 Å². The summed E-state index contributed by atoms with van der Waals surface area (Å²) < 4.78 is 1.56.